The van der Waals surface area contributed by atoms with Gasteiger partial charge in [0, 0.05) is 6.54 Å². The van der Waals surface area contributed by atoms with Crippen LogP contribution in [0.4, 0.5) is 4.39 Å². The molecule has 2 nitrogen and oxygen atoms in total. The first-order valence-corrected chi connectivity index (χ1v) is 4.28. The molecule has 0 radical (unpaired) electrons. The van der Waals surface area contributed by atoms with E-state index in [1.165, 1.54) is 12.1 Å². The zero-order chi connectivity index (χ0) is 10.4. The molecule has 1 N–H and O–H groups in total. The van der Waals surface area contributed by atoms with Crippen molar-refractivity contribution >= 4 is 6.08 Å². The summed E-state index contributed by atoms with van der Waals surface area (Å²) in [7, 11) is 1.84. The highest BCUT2D eigenvalue weighted by molar-refractivity contribution is 5.51. The summed E-state index contributed by atoms with van der Waals surface area (Å²) < 4.78 is 13.1. The van der Waals surface area contributed by atoms with E-state index < -0.39 is 5.82 Å². The molecule has 0 atom stereocenters. The van der Waals surface area contributed by atoms with Crippen LogP contribution in [0.25, 0.3) is 6.08 Å². The Hall–Kier alpha value is -1.66. The third-order valence-corrected chi connectivity index (χ3v) is 1.75. The van der Waals surface area contributed by atoms with Crippen molar-refractivity contribution < 1.29 is 4.39 Å². The first-order valence-electron chi connectivity index (χ1n) is 4.28. The summed E-state index contributed by atoms with van der Waals surface area (Å²) in [6.07, 6.45) is 3.70. The normalized spacial score (nSPS) is 10.4. The molecule has 0 aliphatic carbocycles. The Morgan fingerprint density at radius 2 is 2.36 bits per heavy atom. The Morgan fingerprint density at radius 3 is 2.93 bits per heavy atom. The predicted octanol–water partition coefficient (Wildman–Crippen LogP) is 1.93. The van der Waals surface area contributed by atoms with E-state index in [0.717, 1.165) is 12.1 Å². The van der Waals surface area contributed by atoms with Crippen molar-refractivity contribution in [3.8, 4) is 6.07 Å². The van der Waals surface area contributed by atoms with Gasteiger partial charge in [-0.2, -0.15) is 5.26 Å². The lowest BCUT2D eigenvalue weighted by Crippen LogP contribution is -2.03. The molecule has 1 rings (SSSR count). The molecular weight excluding hydrogens is 179 g/mol. The number of halogens is 1. The van der Waals surface area contributed by atoms with Gasteiger partial charge in [0.2, 0.25) is 0 Å². The highest BCUT2D eigenvalue weighted by Gasteiger charge is 1.99. The molecular formula is C11H11FN2. The van der Waals surface area contributed by atoms with E-state index in [1.807, 2.05) is 13.1 Å². The van der Waals surface area contributed by atoms with E-state index >= 15 is 0 Å². The van der Waals surface area contributed by atoms with Crippen LogP contribution in [0.2, 0.25) is 0 Å². The van der Waals surface area contributed by atoms with Gasteiger partial charge in [0.1, 0.15) is 11.9 Å². The summed E-state index contributed by atoms with van der Waals surface area (Å²) in [6.45, 7) is 0.738. The minimum Gasteiger partial charge on any atom is -0.316 e. The highest BCUT2D eigenvalue weighted by Crippen LogP contribution is 2.10. The van der Waals surface area contributed by atoms with Gasteiger partial charge in [0.05, 0.1) is 5.56 Å². The van der Waals surface area contributed by atoms with Gasteiger partial charge < -0.3 is 5.32 Å². The largest absolute Gasteiger partial charge is 0.316 e. The second kappa shape index (κ2) is 5.15. The Bertz CT molecular complexity index is 377. The van der Waals surface area contributed by atoms with Crippen molar-refractivity contribution in [3.63, 3.8) is 0 Å². The van der Waals surface area contributed by atoms with E-state index in [-0.39, 0.29) is 5.56 Å². The van der Waals surface area contributed by atoms with Gasteiger partial charge in [-0.3, -0.25) is 0 Å². The second-order valence-corrected chi connectivity index (χ2v) is 2.81. The maximum absolute atomic E-state index is 13.1. The topological polar surface area (TPSA) is 35.8 Å². The van der Waals surface area contributed by atoms with E-state index in [9.17, 15) is 4.39 Å². The van der Waals surface area contributed by atoms with Crippen molar-refractivity contribution in [1.29, 1.82) is 5.26 Å². The van der Waals surface area contributed by atoms with Crippen LogP contribution in [-0.2, 0) is 0 Å². The molecule has 1 aromatic rings. The zero-order valence-electron chi connectivity index (χ0n) is 7.92. The molecule has 3 heteroatoms. The zero-order valence-corrected chi connectivity index (χ0v) is 7.92. The van der Waals surface area contributed by atoms with Crippen LogP contribution in [0.5, 0.6) is 0 Å². The number of nitrogens with one attached hydrogen (secondary N) is 1. The van der Waals surface area contributed by atoms with Crippen molar-refractivity contribution in [2.24, 2.45) is 0 Å². The summed E-state index contributed by atoms with van der Waals surface area (Å²) in [5.74, 6) is -0.473. The highest BCUT2D eigenvalue weighted by atomic mass is 19.1. The van der Waals surface area contributed by atoms with Crippen LogP contribution in [0.3, 0.4) is 0 Å². The maximum Gasteiger partial charge on any atom is 0.141 e. The van der Waals surface area contributed by atoms with E-state index in [2.05, 4.69) is 5.32 Å². The van der Waals surface area contributed by atoms with Gasteiger partial charge in [0.15, 0.2) is 0 Å². The fraction of sp³-hybridized carbons (Fsp3) is 0.182. The Labute approximate surface area is 82.7 Å². The molecule has 72 valence electrons. The monoisotopic (exact) mass is 190 g/mol. The molecule has 0 spiro atoms. The van der Waals surface area contributed by atoms with E-state index in [0.29, 0.717) is 0 Å². The van der Waals surface area contributed by atoms with Gasteiger partial charge in [-0.25, -0.2) is 4.39 Å². The van der Waals surface area contributed by atoms with Gasteiger partial charge in [-0.1, -0.05) is 18.2 Å². The number of nitriles is 1. The lowest BCUT2D eigenvalue weighted by molar-refractivity contribution is 0.623. The molecule has 0 unspecified atom stereocenters. The first kappa shape index (κ1) is 10.4. The molecule has 0 bridgehead atoms. The van der Waals surface area contributed by atoms with Crippen molar-refractivity contribution in [3.05, 3.63) is 41.2 Å². The van der Waals surface area contributed by atoms with Crippen LogP contribution < -0.4 is 5.32 Å². The van der Waals surface area contributed by atoms with Gasteiger partial charge in [-0.05, 0) is 24.7 Å². The number of rotatable bonds is 3. The molecule has 1 aromatic carbocycles. The van der Waals surface area contributed by atoms with Crippen LogP contribution in [-0.4, -0.2) is 13.6 Å². The predicted molar refractivity (Wildman–Crippen MR) is 54.1 cm³/mol. The van der Waals surface area contributed by atoms with Gasteiger partial charge in [-0.15, -0.1) is 0 Å². The smallest absolute Gasteiger partial charge is 0.141 e. The lowest BCUT2D eigenvalue weighted by atomic mass is 10.1. The minimum atomic E-state index is -0.473. The number of likely N-dealkylation sites (N-methyl/N-ethyl adjacent to an activating group) is 1. The summed E-state index contributed by atoms with van der Waals surface area (Å²) in [6, 6.07) is 6.33. The van der Waals surface area contributed by atoms with E-state index in [4.69, 9.17) is 5.26 Å². The van der Waals surface area contributed by atoms with Crippen LogP contribution in [0.1, 0.15) is 11.1 Å². The van der Waals surface area contributed by atoms with Crippen LogP contribution in [0, 0.1) is 17.1 Å². The van der Waals surface area contributed by atoms with Gasteiger partial charge in [0.25, 0.3) is 0 Å². The second-order valence-electron chi connectivity index (χ2n) is 2.81. The minimum absolute atomic E-state index is 0.0794. The molecule has 0 aliphatic heterocycles. The number of benzene rings is 1. The summed E-state index contributed by atoms with van der Waals surface area (Å²) >= 11 is 0. The molecule has 0 amide bonds. The molecule has 0 aromatic heterocycles. The van der Waals surface area contributed by atoms with E-state index in [1.54, 1.807) is 18.2 Å². The summed E-state index contributed by atoms with van der Waals surface area (Å²) in [4.78, 5) is 0. The average molecular weight is 190 g/mol. The third-order valence-electron chi connectivity index (χ3n) is 1.75. The quantitative estimate of drug-likeness (QED) is 0.790. The van der Waals surface area contributed by atoms with Crippen molar-refractivity contribution in [2.75, 3.05) is 13.6 Å². The molecule has 0 aliphatic rings. The van der Waals surface area contributed by atoms with Crippen LogP contribution >= 0.6 is 0 Å². The van der Waals surface area contributed by atoms with Crippen molar-refractivity contribution in [1.82, 2.24) is 5.32 Å². The Kier molecular flexibility index (Phi) is 3.84. The van der Waals surface area contributed by atoms with Crippen molar-refractivity contribution in [2.45, 2.75) is 0 Å². The summed E-state index contributed by atoms with van der Waals surface area (Å²) in [5.41, 5.74) is 0.840. The molecule has 0 heterocycles. The standard InChI is InChI=1S/C11H11FN2/c1-14-6-2-3-9-4-5-10(8-13)11(12)7-9/h2-5,7,14H,6H2,1H3. The lowest BCUT2D eigenvalue weighted by Gasteiger charge is -1.96. The molecule has 0 fully saturated rings. The fourth-order valence-electron chi connectivity index (χ4n) is 1.04. The third kappa shape index (κ3) is 2.68. The molecule has 14 heavy (non-hydrogen) atoms. The number of nitrogens with zero attached hydrogens (tertiary/aromatic N) is 1. The average Bonchev–Trinajstić information content (AvgIpc) is 2.18. The SMILES string of the molecule is CNCC=Cc1ccc(C#N)c(F)c1. The molecule has 0 saturated carbocycles. The Balaban J connectivity index is 2.82. The number of hydrogen-bond donors (Lipinski definition) is 1. The Morgan fingerprint density at radius 1 is 1.57 bits per heavy atom. The fourth-order valence-corrected chi connectivity index (χ4v) is 1.04. The maximum atomic E-state index is 13.1. The first-order chi connectivity index (χ1) is 6.77. The summed E-state index contributed by atoms with van der Waals surface area (Å²) in [5, 5.41) is 11.4. The van der Waals surface area contributed by atoms with Gasteiger partial charge >= 0.3 is 0 Å². The number of hydrogen-bond acceptors (Lipinski definition) is 2. The molecule has 0 saturated heterocycles. The van der Waals surface area contributed by atoms with Crippen LogP contribution in [0.15, 0.2) is 24.3 Å².